The van der Waals surface area contributed by atoms with Gasteiger partial charge in [0.05, 0.1) is 18.7 Å². The highest BCUT2D eigenvalue weighted by Gasteiger charge is 2.39. The van der Waals surface area contributed by atoms with Gasteiger partial charge in [0.25, 0.3) is 11.9 Å². The van der Waals surface area contributed by atoms with Crippen molar-refractivity contribution < 1.29 is 23.8 Å². The normalized spacial score (nSPS) is 20.0. The van der Waals surface area contributed by atoms with Crippen molar-refractivity contribution in [3.63, 3.8) is 0 Å². The summed E-state index contributed by atoms with van der Waals surface area (Å²) in [6.07, 6.45) is 1.72. The molecule has 1 N–H and O–H groups in total. The second-order valence-corrected chi connectivity index (χ2v) is 6.04. The molecule has 25 heavy (non-hydrogen) atoms. The number of hydrogen-bond donors (Lipinski definition) is 1. The van der Waals surface area contributed by atoms with E-state index in [1.54, 1.807) is 35.0 Å². The van der Waals surface area contributed by atoms with Gasteiger partial charge in [-0.15, -0.1) is 5.10 Å². The maximum absolute atomic E-state index is 12.7. The summed E-state index contributed by atoms with van der Waals surface area (Å²) in [5, 5.41) is 17.2. The van der Waals surface area contributed by atoms with Crippen LogP contribution in [-0.4, -0.2) is 56.6 Å². The van der Waals surface area contributed by atoms with Gasteiger partial charge in [0.2, 0.25) is 0 Å². The van der Waals surface area contributed by atoms with Crippen LogP contribution in [0.15, 0.2) is 22.7 Å². The molecule has 0 aromatic carbocycles. The number of amides is 1. The van der Waals surface area contributed by atoms with Crippen molar-refractivity contribution in [2.75, 3.05) is 19.7 Å². The molecule has 1 saturated heterocycles. The predicted molar refractivity (Wildman–Crippen MR) is 85.3 cm³/mol. The molecule has 1 amide bonds. The molecular formula is C16H20N4O5. The van der Waals surface area contributed by atoms with Crippen molar-refractivity contribution in [1.29, 1.82) is 0 Å². The summed E-state index contributed by atoms with van der Waals surface area (Å²) in [7, 11) is 1.75. The molecule has 134 valence electrons. The molecule has 1 aliphatic heterocycles. The molecule has 0 aliphatic carbocycles. The Labute approximate surface area is 144 Å². The molecule has 0 bridgehead atoms. The van der Waals surface area contributed by atoms with Gasteiger partial charge in [-0.1, -0.05) is 5.21 Å². The van der Waals surface area contributed by atoms with Crippen LogP contribution < -0.4 is 4.74 Å². The lowest BCUT2D eigenvalue weighted by molar-refractivity contribution is -0.138. The Hall–Kier alpha value is -2.84. The minimum Gasteiger partial charge on any atom is -0.481 e. The van der Waals surface area contributed by atoms with Crippen LogP contribution in [0.3, 0.4) is 0 Å². The zero-order valence-corrected chi connectivity index (χ0v) is 14.1. The van der Waals surface area contributed by atoms with E-state index in [0.29, 0.717) is 25.4 Å². The smallest absolute Gasteiger partial charge is 0.303 e. The Morgan fingerprint density at radius 2 is 2.20 bits per heavy atom. The van der Waals surface area contributed by atoms with E-state index < -0.39 is 5.97 Å². The number of rotatable bonds is 6. The summed E-state index contributed by atoms with van der Waals surface area (Å²) < 4.78 is 12.2. The molecule has 3 rings (SSSR count). The number of hydrogen-bond acceptors (Lipinski definition) is 6. The summed E-state index contributed by atoms with van der Waals surface area (Å²) in [6.45, 7) is 2.98. The summed E-state index contributed by atoms with van der Waals surface area (Å²) in [5.74, 6) is -1.11. The molecule has 0 radical (unpaired) electrons. The Balaban J connectivity index is 1.78. The van der Waals surface area contributed by atoms with Gasteiger partial charge in [-0.3, -0.25) is 14.3 Å². The fourth-order valence-electron chi connectivity index (χ4n) is 3.15. The Morgan fingerprint density at radius 1 is 1.40 bits per heavy atom. The summed E-state index contributed by atoms with van der Waals surface area (Å²) in [6, 6.07) is 3.16. The molecule has 3 heterocycles. The first-order chi connectivity index (χ1) is 12.0. The fourth-order valence-corrected chi connectivity index (χ4v) is 3.15. The third kappa shape index (κ3) is 3.65. The zero-order valence-electron chi connectivity index (χ0n) is 14.1. The first-order valence-corrected chi connectivity index (χ1v) is 8.07. The highest BCUT2D eigenvalue weighted by atomic mass is 16.6. The number of carbonyl (C=O) groups is 2. The lowest BCUT2D eigenvalue weighted by Gasteiger charge is -2.14. The van der Waals surface area contributed by atoms with E-state index in [9.17, 15) is 9.59 Å². The van der Waals surface area contributed by atoms with Gasteiger partial charge in [-0.05, 0) is 18.9 Å². The first-order valence-electron chi connectivity index (χ1n) is 8.07. The van der Waals surface area contributed by atoms with Gasteiger partial charge in [-0.25, -0.2) is 0 Å². The zero-order chi connectivity index (χ0) is 18.0. The number of likely N-dealkylation sites (tertiary alicyclic amines) is 1. The minimum atomic E-state index is -0.898. The van der Waals surface area contributed by atoms with E-state index in [4.69, 9.17) is 14.3 Å². The quantitative estimate of drug-likeness (QED) is 0.833. The number of nitrogens with zero attached hydrogens (tertiary/aromatic N) is 4. The van der Waals surface area contributed by atoms with E-state index in [0.717, 1.165) is 0 Å². The Morgan fingerprint density at radius 3 is 2.84 bits per heavy atom. The molecule has 2 aromatic heterocycles. The van der Waals surface area contributed by atoms with Crippen LogP contribution in [0, 0.1) is 5.92 Å². The molecule has 1 aliphatic rings. The van der Waals surface area contributed by atoms with Crippen molar-refractivity contribution >= 4 is 11.9 Å². The maximum atomic E-state index is 12.7. The minimum absolute atomic E-state index is 0.0344. The van der Waals surface area contributed by atoms with Crippen molar-refractivity contribution in [3.05, 3.63) is 29.8 Å². The number of ether oxygens (including phenoxy) is 1. The molecule has 9 nitrogen and oxygen atoms in total. The van der Waals surface area contributed by atoms with Crippen molar-refractivity contribution in [2.24, 2.45) is 13.0 Å². The number of furan rings is 1. The lowest BCUT2D eigenvalue weighted by Crippen LogP contribution is -2.28. The third-order valence-electron chi connectivity index (χ3n) is 4.24. The Bertz CT molecular complexity index is 768. The van der Waals surface area contributed by atoms with Gasteiger partial charge in [0.15, 0.2) is 5.76 Å². The van der Waals surface area contributed by atoms with E-state index >= 15 is 0 Å². The number of aryl methyl sites for hydroxylation is 1. The number of carbonyl (C=O) groups excluding carboxylic acids is 1. The second-order valence-electron chi connectivity index (χ2n) is 6.04. The lowest BCUT2D eigenvalue weighted by atomic mass is 9.91. The van der Waals surface area contributed by atoms with Gasteiger partial charge in [0.1, 0.15) is 0 Å². The van der Waals surface area contributed by atoms with Crippen LogP contribution in [0.25, 0.3) is 0 Å². The molecule has 0 saturated carbocycles. The van der Waals surface area contributed by atoms with Crippen LogP contribution in [0.1, 0.15) is 35.5 Å². The van der Waals surface area contributed by atoms with Crippen LogP contribution in [-0.2, 0) is 11.8 Å². The maximum Gasteiger partial charge on any atom is 0.303 e. The van der Waals surface area contributed by atoms with E-state index in [2.05, 4.69) is 10.3 Å². The van der Waals surface area contributed by atoms with E-state index in [-0.39, 0.29) is 35.9 Å². The first kappa shape index (κ1) is 17.0. The van der Waals surface area contributed by atoms with Crippen molar-refractivity contribution in [2.45, 2.75) is 19.3 Å². The molecule has 2 atom stereocenters. The van der Waals surface area contributed by atoms with E-state index in [1.165, 1.54) is 0 Å². The average Bonchev–Trinajstić information content (AvgIpc) is 3.26. The topological polar surface area (TPSA) is 111 Å². The van der Waals surface area contributed by atoms with E-state index in [1.807, 2.05) is 6.92 Å². The molecule has 2 aromatic rings. The molecule has 0 spiro atoms. The molecule has 9 heteroatoms. The fraction of sp³-hybridized carbons (Fsp3) is 0.500. The summed E-state index contributed by atoms with van der Waals surface area (Å²) >= 11 is 0. The van der Waals surface area contributed by atoms with Crippen LogP contribution in [0.4, 0.5) is 0 Å². The van der Waals surface area contributed by atoms with Gasteiger partial charge >= 0.3 is 5.97 Å². The molecular weight excluding hydrogens is 328 g/mol. The second kappa shape index (κ2) is 6.96. The van der Waals surface area contributed by atoms with Crippen LogP contribution >= 0.6 is 0 Å². The predicted octanol–water partition coefficient (Wildman–Crippen LogP) is 1.14. The summed E-state index contributed by atoms with van der Waals surface area (Å²) in [4.78, 5) is 25.4. The monoisotopic (exact) mass is 348 g/mol. The SMILES string of the molecule is CCOc1ccc(C(=O)N2C[C@@H](CC(=O)O)[C@@H](c3cn(C)nn3)C2)o1. The highest BCUT2D eigenvalue weighted by molar-refractivity contribution is 5.92. The van der Waals surface area contributed by atoms with Crippen molar-refractivity contribution in [3.8, 4) is 5.95 Å². The van der Waals surface area contributed by atoms with Crippen LogP contribution in [0.2, 0.25) is 0 Å². The summed E-state index contributed by atoms with van der Waals surface area (Å²) in [5.41, 5.74) is 0.693. The third-order valence-corrected chi connectivity index (χ3v) is 4.24. The molecule has 0 unspecified atom stereocenters. The number of aromatic nitrogens is 3. The number of carboxylic acids is 1. The van der Waals surface area contributed by atoms with Crippen LogP contribution in [0.5, 0.6) is 5.95 Å². The van der Waals surface area contributed by atoms with Gasteiger partial charge < -0.3 is 19.2 Å². The average molecular weight is 348 g/mol. The highest BCUT2D eigenvalue weighted by Crippen LogP contribution is 2.34. The van der Waals surface area contributed by atoms with Gasteiger partial charge in [-0.2, -0.15) is 0 Å². The Kier molecular flexibility index (Phi) is 4.73. The number of aliphatic carboxylic acids is 1. The standard InChI is InChI=1S/C16H20N4O5/c1-3-24-15-5-4-13(25-15)16(23)20-7-10(6-14(21)22)11(8-20)12-9-19(2)18-17-12/h4-5,9-11H,3,6-8H2,1-2H3,(H,21,22)/t10-,11+/m1/s1. The molecule has 1 fully saturated rings. The number of carboxylic acid groups (broad SMARTS) is 1. The largest absolute Gasteiger partial charge is 0.481 e. The van der Waals surface area contributed by atoms with Gasteiger partial charge in [0, 0.05) is 38.3 Å². The van der Waals surface area contributed by atoms with Crippen molar-refractivity contribution in [1.82, 2.24) is 19.9 Å².